The predicted octanol–water partition coefficient (Wildman–Crippen LogP) is 7.02. The highest BCUT2D eigenvalue weighted by Gasteiger charge is 2.29. The first-order valence-corrected chi connectivity index (χ1v) is 15.1. The van der Waals surface area contributed by atoms with E-state index in [4.69, 9.17) is 25.8 Å². The van der Waals surface area contributed by atoms with E-state index >= 15 is 4.39 Å². The number of likely N-dealkylation sites (tertiary alicyclic amines) is 1. The summed E-state index contributed by atoms with van der Waals surface area (Å²) in [6.45, 7) is 2.38. The second-order valence-corrected chi connectivity index (χ2v) is 11.6. The van der Waals surface area contributed by atoms with Crippen LogP contribution in [-0.2, 0) is 19.6 Å². The first-order chi connectivity index (χ1) is 21.4. The molecule has 1 atom stereocenters. The van der Waals surface area contributed by atoms with E-state index < -0.39 is 0 Å². The normalized spacial score (nSPS) is 16.8. The minimum Gasteiger partial charge on any atom is -0.496 e. The third-order valence-corrected chi connectivity index (χ3v) is 8.63. The van der Waals surface area contributed by atoms with Crippen LogP contribution in [0.3, 0.4) is 0 Å². The van der Waals surface area contributed by atoms with Crippen molar-refractivity contribution in [2.45, 2.75) is 51.0 Å². The van der Waals surface area contributed by atoms with E-state index in [0.29, 0.717) is 46.4 Å². The fourth-order valence-corrected chi connectivity index (χ4v) is 6.32. The number of aliphatic hydroxyl groups is 1. The summed E-state index contributed by atoms with van der Waals surface area (Å²) in [4.78, 5) is 6.42. The number of hydrogen-bond donors (Lipinski definition) is 1. The average Bonchev–Trinajstić information content (AvgIpc) is 3.45. The molecule has 1 aliphatic heterocycles. The molecule has 4 aromatic rings. The van der Waals surface area contributed by atoms with Gasteiger partial charge in [0, 0.05) is 49.2 Å². The van der Waals surface area contributed by atoms with Gasteiger partial charge < -0.3 is 19.3 Å². The molecule has 44 heavy (non-hydrogen) atoms. The zero-order valence-electron chi connectivity index (χ0n) is 24.4. The molecule has 3 aromatic carbocycles. The number of methoxy groups -OCH3 is 1. The molecule has 1 N–H and O–H groups in total. The van der Waals surface area contributed by atoms with Crippen LogP contribution in [-0.4, -0.2) is 41.3 Å². The number of ether oxygens (including phenoxy) is 3. The SMILES string of the molecule is COc1cccc(F)c1-c1cccc2c1CC[C@@H]2Oc1cc(OCc2cncc(C#N)c2)c(CN2CCC(O)CC2)cc1Cl. The summed E-state index contributed by atoms with van der Waals surface area (Å²) in [5, 5.41) is 19.7. The van der Waals surface area contributed by atoms with Crippen LogP contribution in [0.25, 0.3) is 11.1 Å². The van der Waals surface area contributed by atoms with E-state index in [1.807, 2.05) is 30.3 Å². The molecule has 0 amide bonds. The third-order valence-electron chi connectivity index (χ3n) is 8.33. The maximum atomic E-state index is 15.0. The van der Waals surface area contributed by atoms with Crippen LogP contribution in [0.4, 0.5) is 4.39 Å². The molecule has 2 heterocycles. The molecular weight excluding hydrogens is 581 g/mol. The van der Waals surface area contributed by atoms with Crippen molar-refractivity contribution in [3.8, 4) is 34.4 Å². The molecule has 0 radical (unpaired) electrons. The van der Waals surface area contributed by atoms with Gasteiger partial charge in [0.15, 0.2) is 0 Å². The maximum Gasteiger partial charge on any atom is 0.142 e. The van der Waals surface area contributed by atoms with E-state index in [9.17, 15) is 10.4 Å². The molecule has 1 fully saturated rings. The van der Waals surface area contributed by atoms with E-state index in [0.717, 1.165) is 60.2 Å². The number of pyridine rings is 1. The van der Waals surface area contributed by atoms with Crippen LogP contribution in [0.1, 0.15) is 53.2 Å². The maximum absolute atomic E-state index is 15.0. The molecule has 9 heteroatoms. The van der Waals surface area contributed by atoms with Gasteiger partial charge in [-0.2, -0.15) is 5.26 Å². The van der Waals surface area contributed by atoms with Crippen LogP contribution >= 0.6 is 11.6 Å². The lowest BCUT2D eigenvalue weighted by Crippen LogP contribution is -2.35. The first kappa shape index (κ1) is 29.9. The van der Waals surface area contributed by atoms with Crippen LogP contribution in [0.2, 0.25) is 5.02 Å². The number of hydrogen-bond acceptors (Lipinski definition) is 7. The minimum absolute atomic E-state index is 0.218. The lowest BCUT2D eigenvalue weighted by atomic mass is 9.95. The summed E-state index contributed by atoms with van der Waals surface area (Å²) in [5.41, 5.74) is 5.41. The van der Waals surface area contributed by atoms with Crippen molar-refractivity contribution in [1.29, 1.82) is 5.26 Å². The van der Waals surface area contributed by atoms with Crippen molar-refractivity contribution in [3.63, 3.8) is 0 Å². The smallest absolute Gasteiger partial charge is 0.142 e. The van der Waals surface area contributed by atoms with Crippen molar-refractivity contribution in [1.82, 2.24) is 9.88 Å². The molecule has 1 saturated heterocycles. The van der Waals surface area contributed by atoms with Gasteiger partial charge in [0.25, 0.3) is 0 Å². The summed E-state index contributed by atoms with van der Waals surface area (Å²) in [6, 6.07) is 18.3. The third kappa shape index (κ3) is 6.36. The number of nitrogens with zero attached hydrogens (tertiary/aromatic N) is 3. The van der Waals surface area contributed by atoms with Crippen molar-refractivity contribution >= 4 is 11.6 Å². The highest BCUT2D eigenvalue weighted by molar-refractivity contribution is 6.32. The Morgan fingerprint density at radius 1 is 1.05 bits per heavy atom. The first-order valence-electron chi connectivity index (χ1n) is 14.7. The Bertz CT molecular complexity index is 1700. The lowest BCUT2D eigenvalue weighted by molar-refractivity contribution is 0.0787. The number of aliphatic hydroxyl groups excluding tert-OH is 1. The molecule has 1 aliphatic carbocycles. The van der Waals surface area contributed by atoms with E-state index in [1.165, 1.54) is 12.3 Å². The van der Waals surface area contributed by atoms with Crippen LogP contribution in [0.15, 0.2) is 67.0 Å². The second kappa shape index (κ2) is 13.2. The molecule has 0 spiro atoms. The Kier molecular flexibility index (Phi) is 8.99. The van der Waals surface area contributed by atoms with E-state index in [2.05, 4.69) is 16.0 Å². The van der Waals surface area contributed by atoms with Gasteiger partial charge in [0.05, 0.1) is 29.4 Å². The number of rotatable bonds is 9. The highest BCUT2D eigenvalue weighted by atomic mass is 35.5. The van der Waals surface area contributed by atoms with Gasteiger partial charge >= 0.3 is 0 Å². The molecule has 2 aliphatic rings. The van der Waals surface area contributed by atoms with Gasteiger partial charge in [0.1, 0.15) is 41.8 Å². The summed E-state index contributed by atoms with van der Waals surface area (Å²) in [6.07, 6.45) is 5.52. The molecular formula is C35H33ClFN3O4. The standard InChI is InChI=1S/C35H33ClFN3O4/c1-42-32-7-3-6-30(37)35(32)28-5-2-4-27-26(28)8-9-31(27)44-34-16-33(43-21-23-14-22(17-38)18-39-19-23)24(15-29(34)36)20-40-12-10-25(41)11-13-40/h2-7,14-16,18-19,25,31,41H,8-13,20-21H2,1H3/t31-/m0/s1. The molecule has 6 rings (SSSR count). The van der Waals surface area contributed by atoms with Gasteiger partial charge in [0.2, 0.25) is 0 Å². The van der Waals surface area contributed by atoms with Gasteiger partial charge in [-0.25, -0.2) is 4.39 Å². The Hall–Kier alpha value is -4.16. The molecule has 1 aromatic heterocycles. The predicted molar refractivity (Wildman–Crippen MR) is 165 cm³/mol. The zero-order chi connectivity index (χ0) is 30.6. The largest absolute Gasteiger partial charge is 0.496 e. The van der Waals surface area contributed by atoms with Crippen molar-refractivity contribution < 1.29 is 23.7 Å². The average molecular weight is 614 g/mol. The number of piperidine rings is 1. The fourth-order valence-electron chi connectivity index (χ4n) is 6.09. The molecule has 7 nitrogen and oxygen atoms in total. The second-order valence-electron chi connectivity index (χ2n) is 11.2. The molecule has 226 valence electrons. The Morgan fingerprint density at radius 2 is 1.86 bits per heavy atom. The number of fused-ring (bicyclic) bond motifs is 1. The number of benzene rings is 3. The van der Waals surface area contributed by atoms with Crippen LogP contribution in [0, 0.1) is 17.1 Å². The number of halogens is 2. The molecule has 0 saturated carbocycles. The van der Waals surface area contributed by atoms with Gasteiger partial charge in [-0.05, 0) is 66.6 Å². The number of nitriles is 1. The van der Waals surface area contributed by atoms with Crippen LogP contribution < -0.4 is 14.2 Å². The molecule has 0 bridgehead atoms. The van der Waals surface area contributed by atoms with Crippen molar-refractivity contribution in [2.24, 2.45) is 0 Å². The van der Waals surface area contributed by atoms with E-state index in [1.54, 1.807) is 31.5 Å². The van der Waals surface area contributed by atoms with Gasteiger partial charge in [-0.15, -0.1) is 0 Å². The quantitative estimate of drug-likeness (QED) is 0.217. The van der Waals surface area contributed by atoms with E-state index in [-0.39, 0.29) is 24.6 Å². The monoisotopic (exact) mass is 613 g/mol. The summed E-state index contributed by atoms with van der Waals surface area (Å²) in [5.74, 6) is 1.28. The number of aromatic nitrogens is 1. The Morgan fingerprint density at radius 3 is 2.66 bits per heavy atom. The molecule has 0 unspecified atom stereocenters. The zero-order valence-corrected chi connectivity index (χ0v) is 25.2. The van der Waals surface area contributed by atoms with Gasteiger partial charge in [-0.1, -0.05) is 35.9 Å². The summed E-state index contributed by atoms with van der Waals surface area (Å²) in [7, 11) is 1.55. The van der Waals surface area contributed by atoms with Crippen LogP contribution in [0.5, 0.6) is 17.2 Å². The Balaban J connectivity index is 1.29. The summed E-state index contributed by atoms with van der Waals surface area (Å²) >= 11 is 6.84. The summed E-state index contributed by atoms with van der Waals surface area (Å²) < 4.78 is 33.4. The lowest BCUT2D eigenvalue weighted by Gasteiger charge is -2.30. The minimum atomic E-state index is -0.332. The topological polar surface area (TPSA) is 87.8 Å². The fraction of sp³-hybridized carbons (Fsp3) is 0.314. The highest BCUT2D eigenvalue weighted by Crippen LogP contribution is 2.45. The van der Waals surface area contributed by atoms with Crippen molar-refractivity contribution in [3.05, 3.63) is 106 Å². The van der Waals surface area contributed by atoms with Crippen molar-refractivity contribution in [2.75, 3.05) is 20.2 Å². The Labute approximate surface area is 261 Å². The van der Waals surface area contributed by atoms with Gasteiger partial charge in [-0.3, -0.25) is 9.88 Å².